The number of ether oxygens (including phenoxy) is 2. The largest absolute Gasteiger partial charge is 0.573 e. The van der Waals surface area contributed by atoms with Crippen molar-refractivity contribution in [3.63, 3.8) is 0 Å². The fraction of sp³-hybridized carbons (Fsp3) is 0.286. The van der Waals surface area contributed by atoms with Crippen molar-refractivity contribution >= 4 is 34.6 Å². The van der Waals surface area contributed by atoms with E-state index < -0.39 is 18.5 Å². The van der Waals surface area contributed by atoms with Crippen molar-refractivity contribution in [1.82, 2.24) is 24.2 Å². The average Bonchev–Trinajstić information content (AvgIpc) is 3.71. The number of hydrogen-bond acceptors (Lipinski definition) is 7. The fourth-order valence-electron chi connectivity index (χ4n) is 5.49. The van der Waals surface area contributed by atoms with Crippen LogP contribution < -0.4 is 14.3 Å². The molecular weight excluding hydrogens is 690 g/mol. The number of carbonyl (C=O) groups is 1. The van der Waals surface area contributed by atoms with Gasteiger partial charge in [-0.05, 0) is 61.2 Å². The summed E-state index contributed by atoms with van der Waals surface area (Å²) in [5, 5.41) is 16.6. The van der Waals surface area contributed by atoms with Gasteiger partial charge in [0.25, 0.3) is 0 Å². The second-order valence-corrected chi connectivity index (χ2v) is 12.9. The molecule has 0 spiro atoms. The number of benzene rings is 3. The number of aryl methyl sites for hydroxylation is 1. The number of thiocarbonyl (C=S) groups is 1. The van der Waals surface area contributed by atoms with Gasteiger partial charge in [0.15, 0.2) is 10.6 Å². The highest BCUT2D eigenvalue weighted by molar-refractivity contribution is 7.80. The third-order valence-electron chi connectivity index (χ3n) is 7.91. The molecule has 1 unspecified atom stereocenters. The van der Waals surface area contributed by atoms with Crippen LogP contribution in [0.2, 0.25) is 0 Å². The van der Waals surface area contributed by atoms with Crippen molar-refractivity contribution in [2.24, 2.45) is 4.99 Å². The molecule has 2 heterocycles. The highest BCUT2D eigenvalue weighted by Gasteiger charge is 2.31. The van der Waals surface area contributed by atoms with Crippen LogP contribution in [-0.2, 0) is 0 Å². The molecule has 3 aromatic carbocycles. The van der Waals surface area contributed by atoms with E-state index >= 15 is 0 Å². The minimum absolute atomic E-state index is 0.168. The first-order valence-electron chi connectivity index (χ1n) is 15.6. The van der Waals surface area contributed by atoms with E-state index in [-0.39, 0.29) is 24.6 Å². The van der Waals surface area contributed by atoms with E-state index in [4.69, 9.17) is 21.9 Å². The van der Waals surface area contributed by atoms with Crippen LogP contribution in [0, 0.1) is 6.92 Å². The minimum Gasteiger partial charge on any atom is -0.497 e. The number of methoxy groups -OCH3 is 1. The van der Waals surface area contributed by atoms with Gasteiger partial charge in [-0.2, -0.15) is 0 Å². The number of thiazole rings is 1. The Morgan fingerprint density at radius 2 is 1.76 bits per heavy atom. The van der Waals surface area contributed by atoms with Crippen molar-refractivity contribution in [3.8, 4) is 34.3 Å². The topological polar surface area (TPSA) is 107 Å². The molecule has 1 atom stereocenters. The van der Waals surface area contributed by atoms with Crippen LogP contribution in [0.5, 0.6) is 11.5 Å². The Morgan fingerprint density at radius 1 is 1.08 bits per heavy atom. The third-order valence-corrected chi connectivity index (χ3v) is 9.11. The molecule has 5 rings (SSSR count). The Balaban J connectivity index is 1.41. The SMILES string of the molecule is CCN(C(=O)O)C(CC(=S)N=c1scc(C)n1-c1cc(OC)ccc1C(C)C)c1ccc(-c2ncn(-c3ccc(OC(F)(F)F)cc3)n2)cc1. The van der Waals surface area contributed by atoms with Gasteiger partial charge in [-0.3, -0.25) is 4.57 Å². The van der Waals surface area contributed by atoms with Crippen LogP contribution in [0.3, 0.4) is 0 Å². The maximum absolute atomic E-state index is 12.5. The molecule has 0 fully saturated rings. The molecule has 0 saturated heterocycles. The number of halogens is 3. The molecular formula is C35H35F3N6O4S2. The Hall–Kier alpha value is -5.02. The zero-order valence-corrected chi connectivity index (χ0v) is 29.5. The van der Waals surface area contributed by atoms with Crippen LogP contribution in [0.15, 0.2) is 83.4 Å². The second-order valence-electron chi connectivity index (χ2n) is 11.5. The molecule has 15 heteroatoms. The molecule has 0 saturated carbocycles. The summed E-state index contributed by atoms with van der Waals surface area (Å²) in [4.78, 5) is 23.9. The average molecular weight is 725 g/mol. The van der Waals surface area contributed by atoms with Crippen molar-refractivity contribution in [2.45, 2.75) is 52.4 Å². The third kappa shape index (κ3) is 8.40. The Morgan fingerprint density at radius 3 is 2.36 bits per heavy atom. The number of carboxylic acid groups (broad SMARTS) is 1. The summed E-state index contributed by atoms with van der Waals surface area (Å²) in [6.45, 7) is 8.23. The molecule has 2 aromatic heterocycles. The Kier molecular flexibility index (Phi) is 11.1. The van der Waals surface area contributed by atoms with Gasteiger partial charge in [-0.15, -0.1) is 29.6 Å². The number of alkyl halides is 3. The van der Waals surface area contributed by atoms with Gasteiger partial charge in [0.1, 0.15) is 22.8 Å². The summed E-state index contributed by atoms with van der Waals surface area (Å²) in [6.07, 6.45) is -4.26. The number of aromatic nitrogens is 4. The second kappa shape index (κ2) is 15.3. The molecule has 0 bridgehead atoms. The minimum atomic E-state index is -4.79. The first-order valence-corrected chi connectivity index (χ1v) is 16.9. The van der Waals surface area contributed by atoms with Gasteiger partial charge in [0.2, 0.25) is 0 Å². The normalized spacial score (nSPS) is 12.6. The van der Waals surface area contributed by atoms with Crippen molar-refractivity contribution in [2.75, 3.05) is 13.7 Å². The number of rotatable bonds is 11. The summed E-state index contributed by atoms with van der Waals surface area (Å²) in [6, 6.07) is 17.8. The summed E-state index contributed by atoms with van der Waals surface area (Å²) >= 11 is 7.25. The lowest BCUT2D eigenvalue weighted by Gasteiger charge is -2.28. The van der Waals surface area contributed by atoms with Crippen molar-refractivity contribution in [3.05, 3.63) is 100 Å². The Bertz CT molecular complexity index is 2040. The van der Waals surface area contributed by atoms with Gasteiger partial charge in [-0.1, -0.05) is 56.4 Å². The van der Waals surface area contributed by atoms with E-state index in [1.807, 2.05) is 35.1 Å². The summed E-state index contributed by atoms with van der Waals surface area (Å²) in [5.74, 6) is 0.981. The summed E-state index contributed by atoms with van der Waals surface area (Å²) in [7, 11) is 1.63. The van der Waals surface area contributed by atoms with Crippen LogP contribution in [0.25, 0.3) is 22.8 Å². The first kappa shape index (κ1) is 36.3. The van der Waals surface area contributed by atoms with Gasteiger partial charge < -0.3 is 19.5 Å². The van der Waals surface area contributed by atoms with Gasteiger partial charge >= 0.3 is 12.5 Å². The smallest absolute Gasteiger partial charge is 0.497 e. The van der Waals surface area contributed by atoms with Gasteiger partial charge in [0.05, 0.1) is 24.5 Å². The molecule has 0 aliphatic carbocycles. The molecule has 262 valence electrons. The van der Waals surface area contributed by atoms with Crippen molar-refractivity contribution < 1.29 is 32.5 Å². The standard InChI is InChI=1S/C35H35F3N6O4S2/c1-6-42(34(45)46)29(18-31(49)40-33-44(22(4)19-50-33)30-17-27(47-5)15-16-28(30)21(2)3)23-7-9-24(10-8-23)32-39-20-43(41-32)25-11-13-26(14-12-25)48-35(36,37)38/h7-17,19-21,29H,6,18H2,1-5H3,(H,45,46). The lowest BCUT2D eigenvalue weighted by molar-refractivity contribution is -0.274. The predicted molar refractivity (Wildman–Crippen MR) is 188 cm³/mol. The maximum Gasteiger partial charge on any atom is 0.573 e. The number of amides is 1. The highest BCUT2D eigenvalue weighted by Crippen LogP contribution is 2.30. The van der Waals surface area contributed by atoms with Crippen molar-refractivity contribution in [1.29, 1.82) is 0 Å². The van der Waals surface area contributed by atoms with Crippen LogP contribution in [0.1, 0.15) is 56.0 Å². The molecule has 5 aromatic rings. The zero-order valence-electron chi connectivity index (χ0n) is 27.9. The van der Waals surface area contributed by atoms with E-state index in [0.717, 1.165) is 22.7 Å². The fourth-order valence-corrected chi connectivity index (χ4v) is 6.68. The maximum atomic E-state index is 12.5. The van der Waals surface area contributed by atoms with E-state index in [2.05, 4.69) is 28.7 Å². The molecule has 1 amide bonds. The van der Waals surface area contributed by atoms with Gasteiger partial charge in [0, 0.05) is 35.7 Å². The zero-order chi connectivity index (χ0) is 36.2. The van der Waals surface area contributed by atoms with E-state index in [9.17, 15) is 23.1 Å². The van der Waals surface area contributed by atoms with Gasteiger partial charge in [-0.25, -0.2) is 19.5 Å². The molecule has 50 heavy (non-hydrogen) atoms. The molecule has 0 aliphatic rings. The first-order chi connectivity index (χ1) is 23.8. The summed E-state index contributed by atoms with van der Waals surface area (Å²) < 4.78 is 50.5. The lowest BCUT2D eigenvalue weighted by atomic mass is 10.00. The van der Waals surface area contributed by atoms with E-state index in [1.165, 1.54) is 51.5 Å². The predicted octanol–water partition coefficient (Wildman–Crippen LogP) is 8.48. The monoisotopic (exact) mass is 724 g/mol. The number of hydrogen-bond donors (Lipinski definition) is 1. The Labute approximate surface area is 296 Å². The highest BCUT2D eigenvalue weighted by atomic mass is 32.1. The van der Waals surface area contributed by atoms with Crippen LogP contribution >= 0.6 is 23.6 Å². The molecule has 10 nitrogen and oxygen atoms in total. The molecule has 1 N–H and O–H groups in total. The van der Waals surface area contributed by atoms with E-state index in [1.54, 1.807) is 38.3 Å². The van der Waals surface area contributed by atoms with E-state index in [0.29, 0.717) is 32.4 Å². The molecule has 0 aliphatic heterocycles. The van der Waals surface area contributed by atoms with Crippen LogP contribution in [0.4, 0.5) is 18.0 Å². The lowest BCUT2D eigenvalue weighted by Crippen LogP contribution is -2.34. The summed E-state index contributed by atoms with van der Waals surface area (Å²) in [5.41, 5.74) is 4.89. The van der Waals surface area contributed by atoms with Crippen LogP contribution in [-0.4, -0.2) is 60.4 Å². The quantitative estimate of drug-likeness (QED) is 0.136. The number of nitrogens with zero attached hydrogens (tertiary/aromatic N) is 6. The molecule has 0 radical (unpaired) electrons.